The first kappa shape index (κ1) is 18.9. The number of carbonyl (C=O) groups is 2. The first-order valence-corrected chi connectivity index (χ1v) is 11.0. The van der Waals surface area contributed by atoms with Crippen LogP contribution < -0.4 is 9.64 Å². The van der Waals surface area contributed by atoms with E-state index in [1.807, 2.05) is 66.9 Å². The van der Waals surface area contributed by atoms with Gasteiger partial charge in [-0.1, -0.05) is 43.3 Å². The van der Waals surface area contributed by atoms with E-state index in [-0.39, 0.29) is 18.0 Å². The average molecular weight is 419 g/mol. The predicted octanol–water partition coefficient (Wildman–Crippen LogP) is 5.63. The van der Waals surface area contributed by atoms with Crippen LogP contribution >= 0.6 is 11.3 Å². The summed E-state index contributed by atoms with van der Waals surface area (Å²) in [6.07, 6.45) is 1.36. The Morgan fingerprint density at radius 3 is 2.77 bits per heavy atom. The van der Waals surface area contributed by atoms with Gasteiger partial charge in [0.25, 0.3) is 5.91 Å². The maximum atomic E-state index is 13.8. The number of urea groups is 1. The molecule has 30 heavy (non-hydrogen) atoms. The fourth-order valence-electron chi connectivity index (χ4n) is 4.45. The van der Waals surface area contributed by atoms with E-state index in [1.54, 1.807) is 11.0 Å². The van der Waals surface area contributed by atoms with E-state index in [4.69, 9.17) is 4.74 Å². The molecule has 2 aliphatic rings. The van der Waals surface area contributed by atoms with Gasteiger partial charge in [-0.05, 0) is 48.6 Å². The van der Waals surface area contributed by atoms with Crippen molar-refractivity contribution in [2.75, 3.05) is 4.90 Å². The molecule has 0 radical (unpaired) electrons. The Labute approximate surface area is 179 Å². The normalized spacial score (nSPS) is 22.5. The van der Waals surface area contributed by atoms with Crippen LogP contribution in [0.4, 0.5) is 10.5 Å². The number of hydrogen-bond acceptors (Lipinski definition) is 4. The Morgan fingerprint density at radius 1 is 1.17 bits per heavy atom. The fraction of sp³-hybridized carbons (Fsp3) is 0.250. The smallest absolute Gasteiger partial charge is 0.335 e. The fourth-order valence-corrected chi connectivity index (χ4v) is 5.11. The molecule has 0 aliphatic carbocycles. The predicted molar refractivity (Wildman–Crippen MR) is 117 cm³/mol. The highest BCUT2D eigenvalue weighted by molar-refractivity contribution is 7.12. The summed E-state index contributed by atoms with van der Waals surface area (Å²) in [5.41, 5.74) is 1.85. The SMILES string of the molecule is CCc1cccc(N2C(=O)N(C(=O)c3cccs3)[C@@H]3C[C@@]2(C)Oc2ccccc23)c1. The third-order valence-corrected chi connectivity index (χ3v) is 6.75. The van der Waals surface area contributed by atoms with E-state index in [2.05, 4.69) is 6.92 Å². The Kier molecular flexibility index (Phi) is 4.40. The summed E-state index contributed by atoms with van der Waals surface area (Å²) in [5, 5.41) is 1.85. The summed E-state index contributed by atoms with van der Waals surface area (Å²) >= 11 is 1.35. The van der Waals surface area contributed by atoms with Gasteiger partial charge in [0.05, 0.1) is 10.9 Å². The summed E-state index contributed by atoms with van der Waals surface area (Å²) in [6.45, 7) is 4.01. The molecule has 152 valence electrons. The lowest BCUT2D eigenvalue weighted by molar-refractivity contribution is 0.00283. The topological polar surface area (TPSA) is 49.9 Å². The molecule has 0 N–H and O–H groups in total. The maximum absolute atomic E-state index is 13.8. The second-order valence-corrected chi connectivity index (χ2v) is 8.78. The lowest BCUT2D eigenvalue weighted by Gasteiger charge is -2.53. The molecule has 5 rings (SSSR count). The van der Waals surface area contributed by atoms with Gasteiger partial charge >= 0.3 is 6.03 Å². The molecule has 3 aromatic rings. The van der Waals surface area contributed by atoms with Gasteiger partial charge in [0.1, 0.15) is 5.75 Å². The monoisotopic (exact) mass is 418 g/mol. The largest absolute Gasteiger partial charge is 0.467 e. The van der Waals surface area contributed by atoms with Gasteiger partial charge in [0.2, 0.25) is 0 Å². The molecule has 5 nitrogen and oxygen atoms in total. The van der Waals surface area contributed by atoms with Crippen molar-refractivity contribution in [1.82, 2.24) is 4.90 Å². The average Bonchev–Trinajstić information content (AvgIpc) is 3.28. The summed E-state index contributed by atoms with van der Waals surface area (Å²) in [7, 11) is 0. The molecule has 0 unspecified atom stereocenters. The third kappa shape index (κ3) is 2.82. The first-order chi connectivity index (χ1) is 14.5. The number of carbonyl (C=O) groups excluding carboxylic acids is 2. The summed E-state index contributed by atoms with van der Waals surface area (Å²) in [6, 6.07) is 18.4. The van der Waals surface area contributed by atoms with Crippen LogP contribution in [0.1, 0.15) is 47.1 Å². The van der Waals surface area contributed by atoms with Gasteiger partial charge in [-0.25, -0.2) is 4.79 Å². The van der Waals surface area contributed by atoms with Crippen LogP contribution in [-0.4, -0.2) is 22.6 Å². The van der Waals surface area contributed by atoms with Crippen molar-refractivity contribution in [2.24, 2.45) is 0 Å². The second-order valence-electron chi connectivity index (χ2n) is 7.83. The number of amides is 3. The van der Waals surface area contributed by atoms with Crippen molar-refractivity contribution in [3.63, 3.8) is 0 Å². The molecule has 0 saturated carbocycles. The van der Waals surface area contributed by atoms with Crippen molar-refractivity contribution < 1.29 is 14.3 Å². The van der Waals surface area contributed by atoms with Gasteiger partial charge < -0.3 is 4.74 Å². The quantitative estimate of drug-likeness (QED) is 0.554. The zero-order valence-electron chi connectivity index (χ0n) is 16.9. The Morgan fingerprint density at radius 2 is 2.00 bits per heavy atom. The molecule has 2 aromatic carbocycles. The number of aryl methyl sites for hydroxylation is 1. The Bertz CT molecular complexity index is 1130. The zero-order chi connectivity index (χ0) is 20.9. The van der Waals surface area contributed by atoms with Crippen LogP contribution in [-0.2, 0) is 6.42 Å². The highest BCUT2D eigenvalue weighted by Gasteiger charge is 2.55. The number of nitrogens with zero attached hydrogens (tertiary/aromatic N) is 2. The molecular weight excluding hydrogens is 396 g/mol. The maximum Gasteiger partial charge on any atom is 0.335 e. The second kappa shape index (κ2) is 6.99. The zero-order valence-corrected chi connectivity index (χ0v) is 17.7. The number of rotatable bonds is 3. The lowest BCUT2D eigenvalue weighted by atomic mass is 9.88. The first-order valence-electron chi connectivity index (χ1n) is 10.1. The van der Waals surface area contributed by atoms with E-state index in [0.717, 1.165) is 23.2 Å². The Balaban J connectivity index is 1.68. The van der Waals surface area contributed by atoms with Crippen LogP contribution in [0.15, 0.2) is 66.0 Å². The molecule has 1 aromatic heterocycles. The molecule has 6 heteroatoms. The molecule has 3 amide bonds. The minimum Gasteiger partial charge on any atom is -0.467 e. The van der Waals surface area contributed by atoms with Gasteiger partial charge in [-0.3, -0.25) is 14.6 Å². The molecule has 2 atom stereocenters. The molecule has 1 fully saturated rings. The van der Waals surface area contributed by atoms with Crippen LogP contribution in [0.5, 0.6) is 5.75 Å². The standard InChI is InChI=1S/C24H22N2O3S/c1-3-16-8-6-9-17(14-16)26-23(28)25(22(27)21-12-7-13-30-21)19-15-24(26,2)29-20-11-5-4-10-18(19)20/h4-14,19H,3,15H2,1-2H3/t19-,24-/m1/s1. The van der Waals surface area contributed by atoms with E-state index in [9.17, 15) is 9.59 Å². The minimum absolute atomic E-state index is 0.268. The number of para-hydroxylation sites is 1. The van der Waals surface area contributed by atoms with E-state index in [0.29, 0.717) is 17.0 Å². The van der Waals surface area contributed by atoms with Crippen LogP contribution in [0.2, 0.25) is 0 Å². The van der Waals surface area contributed by atoms with E-state index in [1.165, 1.54) is 16.2 Å². The molecular formula is C24H22N2O3S. The summed E-state index contributed by atoms with van der Waals surface area (Å²) in [4.78, 5) is 30.9. The van der Waals surface area contributed by atoms with Gasteiger partial charge in [-0.2, -0.15) is 0 Å². The summed E-state index contributed by atoms with van der Waals surface area (Å²) < 4.78 is 6.39. The van der Waals surface area contributed by atoms with Crippen LogP contribution in [0.25, 0.3) is 0 Å². The number of hydrogen-bond donors (Lipinski definition) is 0. The number of imide groups is 1. The lowest BCUT2D eigenvalue weighted by Crippen LogP contribution is -2.67. The summed E-state index contributed by atoms with van der Waals surface area (Å²) in [5.74, 6) is 0.444. The molecule has 3 heterocycles. The van der Waals surface area contributed by atoms with Gasteiger partial charge in [-0.15, -0.1) is 11.3 Å². The van der Waals surface area contributed by atoms with Crippen molar-refractivity contribution >= 4 is 29.0 Å². The van der Waals surface area contributed by atoms with E-state index < -0.39 is 5.72 Å². The molecule has 1 saturated heterocycles. The van der Waals surface area contributed by atoms with Crippen molar-refractivity contribution in [3.8, 4) is 5.75 Å². The number of thiophene rings is 1. The number of anilines is 1. The third-order valence-electron chi connectivity index (χ3n) is 5.89. The van der Waals surface area contributed by atoms with Crippen LogP contribution in [0.3, 0.4) is 0 Å². The molecule has 2 bridgehead atoms. The molecule has 0 spiro atoms. The number of ether oxygens (including phenoxy) is 1. The van der Waals surface area contributed by atoms with Crippen molar-refractivity contribution in [2.45, 2.75) is 38.5 Å². The van der Waals surface area contributed by atoms with Gasteiger partial charge in [0.15, 0.2) is 5.72 Å². The number of fused-ring (bicyclic) bond motifs is 4. The highest BCUT2D eigenvalue weighted by Crippen LogP contribution is 2.49. The van der Waals surface area contributed by atoms with Crippen LogP contribution in [0, 0.1) is 0 Å². The number of benzene rings is 2. The van der Waals surface area contributed by atoms with Gasteiger partial charge in [0, 0.05) is 17.7 Å². The van der Waals surface area contributed by atoms with E-state index >= 15 is 0 Å². The van der Waals surface area contributed by atoms with Crippen molar-refractivity contribution in [3.05, 3.63) is 82.0 Å². The molecule has 2 aliphatic heterocycles. The highest BCUT2D eigenvalue weighted by atomic mass is 32.1. The Hall–Kier alpha value is -3.12. The van der Waals surface area contributed by atoms with Crippen molar-refractivity contribution in [1.29, 1.82) is 0 Å². The minimum atomic E-state index is -0.880.